The number of allylic oxidation sites excluding steroid dienone is 1. The van der Waals surface area contributed by atoms with Crippen molar-refractivity contribution in [2.24, 2.45) is 17.3 Å². The molecule has 0 aromatic heterocycles. The van der Waals surface area contributed by atoms with Crippen molar-refractivity contribution in [3.8, 4) is 0 Å². The zero-order chi connectivity index (χ0) is 14.4. The van der Waals surface area contributed by atoms with Crippen molar-refractivity contribution in [1.29, 1.82) is 0 Å². The standard InChI is InChI=1S/C15H26O4/c1-9-5-4-6-10-12(17)13(18)11(7-14(9,10)2)15(3,19)8-16/h6,9,11-13,16-19H,4-5,7-8H2,1-3H3. The van der Waals surface area contributed by atoms with Gasteiger partial charge in [0, 0.05) is 5.92 Å². The lowest BCUT2D eigenvalue weighted by Crippen LogP contribution is -2.57. The molecule has 4 nitrogen and oxygen atoms in total. The van der Waals surface area contributed by atoms with E-state index < -0.39 is 30.3 Å². The van der Waals surface area contributed by atoms with Gasteiger partial charge < -0.3 is 20.4 Å². The highest BCUT2D eigenvalue weighted by Gasteiger charge is 2.53. The Kier molecular flexibility index (Phi) is 3.82. The Labute approximate surface area is 114 Å². The summed E-state index contributed by atoms with van der Waals surface area (Å²) in [5.74, 6) is -0.123. The molecule has 0 spiro atoms. The summed E-state index contributed by atoms with van der Waals surface area (Å²) in [5.41, 5.74) is -0.670. The number of aliphatic hydroxyl groups excluding tert-OH is 3. The van der Waals surface area contributed by atoms with Gasteiger partial charge >= 0.3 is 0 Å². The van der Waals surface area contributed by atoms with Crippen LogP contribution in [0, 0.1) is 17.3 Å². The van der Waals surface area contributed by atoms with Gasteiger partial charge in [0.1, 0.15) is 6.10 Å². The third-order valence-electron chi connectivity index (χ3n) is 5.53. The quantitative estimate of drug-likeness (QED) is 0.560. The molecule has 6 atom stereocenters. The van der Waals surface area contributed by atoms with E-state index >= 15 is 0 Å². The second kappa shape index (κ2) is 4.85. The number of fused-ring (bicyclic) bond motifs is 1. The Morgan fingerprint density at radius 1 is 1.42 bits per heavy atom. The third kappa shape index (κ3) is 2.25. The van der Waals surface area contributed by atoms with Crippen molar-refractivity contribution in [3.63, 3.8) is 0 Å². The lowest BCUT2D eigenvalue weighted by Gasteiger charge is -2.53. The molecular weight excluding hydrogens is 244 g/mol. The molecule has 110 valence electrons. The molecule has 0 saturated heterocycles. The van der Waals surface area contributed by atoms with Crippen LogP contribution in [0.3, 0.4) is 0 Å². The van der Waals surface area contributed by atoms with Crippen LogP contribution in [0.1, 0.15) is 40.0 Å². The molecule has 0 heterocycles. The molecule has 1 saturated carbocycles. The molecule has 1 fully saturated rings. The average molecular weight is 270 g/mol. The van der Waals surface area contributed by atoms with Crippen molar-refractivity contribution in [3.05, 3.63) is 11.6 Å². The fraction of sp³-hybridized carbons (Fsp3) is 0.867. The van der Waals surface area contributed by atoms with Crippen molar-refractivity contribution < 1.29 is 20.4 Å². The van der Waals surface area contributed by atoms with Crippen LogP contribution >= 0.6 is 0 Å². The van der Waals surface area contributed by atoms with Gasteiger partial charge in [-0.2, -0.15) is 0 Å². The molecule has 2 aliphatic rings. The molecular formula is C15H26O4. The lowest BCUT2D eigenvalue weighted by atomic mass is 9.54. The summed E-state index contributed by atoms with van der Waals surface area (Å²) in [5, 5.41) is 40.3. The van der Waals surface area contributed by atoms with Gasteiger partial charge in [-0.3, -0.25) is 0 Å². The Balaban J connectivity index is 2.39. The summed E-state index contributed by atoms with van der Waals surface area (Å²) < 4.78 is 0. The normalized spacial score (nSPS) is 46.2. The predicted molar refractivity (Wildman–Crippen MR) is 72.4 cm³/mol. The molecule has 2 rings (SSSR count). The second-order valence-corrected chi connectivity index (χ2v) is 6.82. The minimum atomic E-state index is -1.37. The molecule has 0 radical (unpaired) electrons. The molecule has 4 N–H and O–H groups in total. The highest BCUT2D eigenvalue weighted by atomic mass is 16.3. The number of rotatable bonds is 2. The second-order valence-electron chi connectivity index (χ2n) is 6.82. The molecule has 4 heteroatoms. The zero-order valence-corrected chi connectivity index (χ0v) is 12.0. The molecule has 0 amide bonds. The van der Waals surface area contributed by atoms with Gasteiger partial charge in [0.05, 0.1) is 18.3 Å². The van der Waals surface area contributed by atoms with E-state index in [1.807, 2.05) is 6.08 Å². The molecule has 6 unspecified atom stereocenters. The molecule has 19 heavy (non-hydrogen) atoms. The summed E-state index contributed by atoms with van der Waals surface area (Å²) in [6.45, 7) is 5.37. The summed E-state index contributed by atoms with van der Waals surface area (Å²) in [7, 11) is 0. The van der Waals surface area contributed by atoms with E-state index in [2.05, 4.69) is 13.8 Å². The van der Waals surface area contributed by atoms with Gasteiger partial charge in [-0.25, -0.2) is 0 Å². The van der Waals surface area contributed by atoms with Crippen molar-refractivity contribution in [2.45, 2.75) is 57.8 Å². The maximum Gasteiger partial charge on any atom is 0.102 e. The largest absolute Gasteiger partial charge is 0.393 e. The SMILES string of the molecule is CC1CCC=C2C(O)C(O)C(C(C)(O)CO)CC21C. The topological polar surface area (TPSA) is 80.9 Å². The Bertz CT molecular complexity index is 376. The summed E-state index contributed by atoms with van der Waals surface area (Å²) >= 11 is 0. The lowest BCUT2D eigenvalue weighted by molar-refractivity contribution is -0.148. The van der Waals surface area contributed by atoms with Crippen LogP contribution in [0.5, 0.6) is 0 Å². The fourth-order valence-electron chi connectivity index (χ4n) is 3.79. The van der Waals surface area contributed by atoms with Crippen LogP contribution in [0.4, 0.5) is 0 Å². The van der Waals surface area contributed by atoms with Crippen LogP contribution in [-0.4, -0.2) is 44.8 Å². The van der Waals surface area contributed by atoms with Crippen LogP contribution in [-0.2, 0) is 0 Å². The van der Waals surface area contributed by atoms with E-state index in [9.17, 15) is 20.4 Å². The monoisotopic (exact) mass is 270 g/mol. The van der Waals surface area contributed by atoms with Gasteiger partial charge in [-0.1, -0.05) is 19.9 Å². The minimum absolute atomic E-state index is 0.208. The highest BCUT2D eigenvalue weighted by Crippen LogP contribution is 2.54. The van der Waals surface area contributed by atoms with Crippen LogP contribution in [0.25, 0.3) is 0 Å². The first-order valence-electron chi connectivity index (χ1n) is 7.14. The summed E-state index contributed by atoms with van der Waals surface area (Å²) in [6.07, 6.45) is 2.65. The van der Waals surface area contributed by atoms with Gasteiger partial charge in [-0.15, -0.1) is 0 Å². The molecule has 2 aliphatic carbocycles. The van der Waals surface area contributed by atoms with E-state index in [1.165, 1.54) is 6.92 Å². The van der Waals surface area contributed by atoms with Crippen molar-refractivity contribution >= 4 is 0 Å². The number of aliphatic hydroxyl groups is 4. The highest BCUT2D eigenvalue weighted by molar-refractivity contribution is 5.28. The third-order valence-corrected chi connectivity index (χ3v) is 5.53. The van der Waals surface area contributed by atoms with E-state index in [0.717, 1.165) is 18.4 Å². The van der Waals surface area contributed by atoms with Crippen molar-refractivity contribution in [2.75, 3.05) is 6.61 Å². The van der Waals surface area contributed by atoms with Crippen LogP contribution in [0.2, 0.25) is 0 Å². The van der Waals surface area contributed by atoms with Gasteiger partial charge in [0.25, 0.3) is 0 Å². The average Bonchev–Trinajstić information content (AvgIpc) is 2.36. The fourth-order valence-corrected chi connectivity index (χ4v) is 3.79. The van der Waals surface area contributed by atoms with E-state index in [4.69, 9.17) is 0 Å². The van der Waals surface area contributed by atoms with E-state index in [1.54, 1.807) is 0 Å². The van der Waals surface area contributed by atoms with Gasteiger partial charge in [-0.05, 0) is 43.1 Å². The zero-order valence-electron chi connectivity index (χ0n) is 12.0. The molecule has 0 aliphatic heterocycles. The Morgan fingerprint density at radius 2 is 2.05 bits per heavy atom. The molecule has 0 aromatic rings. The predicted octanol–water partition coefficient (Wildman–Crippen LogP) is 0.834. The van der Waals surface area contributed by atoms with E-state index in [0.29, 0.717) is 12.3 Å². The Hall–Kier alpha value is -0.420. The maximum atomic E-state index is 10.4. The Morgan fingerprint density at radius 3 is 2.63 bits per heavy atom. The summed E-state index contributed by atoms with van der Waals surface area (Å²) in [4.78, 5) is 0. The maximum absolute atomic E-state index is 10.4. The molecule has 0 bridgehead atoms. The smallest absolute Gasteiger partial charge is 0.102 e. The first-order valence-corrected chi connectivity index (χ1v) is 7.14. The van der Waals surface area contributed by atoms with E-state index in [-0.39, 0.29) is 5.41 Å². The van der Waals surface area contributed by atoms with Crippen LogP contribution < -0.4 is 0 Å². The van der Waals surface area contributed by atoms with Gasteiger partial charge in [0.15, 0.2) is 0 Å². The van der Waals surface area contributed by atoms with Crippen molar-refractivity contribution in [1.82, 2.24) is 0 Å². The number of hydrogen-bond donors (Lipinski definition) is 4. The minimum Gasteiger partial charge on any atom is -0.393 e. The van der Waals surface area contributed by atoms with Crippen LogP contribution in [0.15, 0.2) is 11.6 Å². The first-order chi connectivity index (χ1) is 8.74. The summed E-state index contributed by atoms with van der Waals surface area (Å²) in [6, 6.07) is 0. The number of hydrogen-bond acceptors (Lipinski definition) is 4. The molecule has 0 aromatic carbocycles. The first kappa shape index (κ1) is 15.0. The van der Waals surface area contributed by atoms with Gasteiger partial charge in [0.2, 0.25) is 0 Å².